The van der Waals surface area contributed by atoms with E-state index in [9.17, 15) is 9.90 Å². The van der Waals surface area contributed by atoms with Gasteiger partial charge in [0.25, 0.3) is 0 Å². The van der Waals surface area contributed by atoms with E-state index in [1.165, 1.54) is 16.7 Å². The Kier molecular flexibility index (Phi) is 5.67. The van der Waals surface area contributed by atoms with E-state index < -0.39 is 12.1 Å². The number of aliphatic carboxylic acids is 1. The molecule has 0 spiro atoms. The van der Waals surface area contributed by atoms with E-state index in [4.69, 9.17) is 13.9 Å². The van der Waals surface area contributed by atoms with Gasteiger partial charge in [0, 0.05) is 24.5 Å². The van der Waals surface area contributed by atoms with Crippen LogP contribution in [-0.4, -0.2) is 30.4 Å². The van der Waals surface area contributed by atoms with Crippen LogP contribution in [0.5, 0.6) is 5.75 Å². The molecule has 29 heavy (non-hydrogen) atoms. The average molecular weight is 392 g/mol. The molecule has 5 nitrogen and oxygen atoms in total. The highest BCUT2D eigenvalue weighted by Gasteiger charge is 2.31. The third-order valence-electron chi connectivity index (χ3n) is 5.30. The van der Waals surface area contributed by atoms with Crippen LogP contribution in [0, 0.1) is 0 Å². The van der Waals surface area contributed by atoms with Crippen molar-refractivity contribution in [1.82, 2.24) is 0 Å². The molecule has 3 aromatic rings. The Morgan fingerprint density at radius 3 is 2.66 bits per heavy atom. The molecule has 2 atom stereocenters. The smallest absolute Gasteiger partial charge is 0.333 e. The topological polar surface area (TPSA) is 68.9 Å². The van der Waals surface area contributed by atoms with Gasteiger partial charge >= 0.3 is 5.97 Å². The van der Waals surface area contributed by atoms with Gasteiger partial charge in [-0.2, -0.15) is 0 Å². The lowest BCUT2D eigenvalue weighted by Gasteiger charge is -2.14. The third-order valence-corrected chi connectivity index (χ3v) is 5.30. The quantitative estimate of drug-likeness (QED) is 0.561. The molecule has 5 heteroatoms. The van der Waals surface area contributed by atoms with Gasteiger partial charge < -0.3 is 19.0 Å². The SMILES string of the molecule is CCOC(Cc1ccc(OCCC2c3ccccc3-c3ccoc32)cc1)C(=O)O. The number of carbonyl (C=O) groups is 1. The van der Waals surface area contributed by atoms with Gasteiger partial charge in [-0.15, -0.1) is 0 Å². The number of hydrogen-bond acceptors (Lipinski definition) is 4. The second-order valence-corrected chi connectivity index (χ2v) is 7.11. The number of benzene rings is 2. The molecule has 0 fully saturated rings. The van der Waals surface area contributed by atoms with Gasteiger partial charge in [0.2, 0.25) is 0 Å². The lowest BCUT2D eigenvalue weighted by molar-refractivity contribution is -0.149. The minimum Gasteiger partial charge on any atom is -0.494 e. The summed E-state index contributed by atoms with van der Waals surface area (Å²) in [6.45, 7) is 2.73. The molecule has 4 rings (SSSR count). The summed E-state index contributed by atoms with van der Waals surface area (Å²) in [5.41, 5.74) is 4.62. The molecule has 0 saturated carbocycles. The van der Waals surface area contributed by atoms with Crippen LogP contribution in [0.15, 0.2) is 65.3 Å². The van der Waals surface area contributed by atoms with Crippen LogP contribution in [0.1, 0.15) is 36.1 Å². The number of hydrogen-bond donors (Lipinski definition) is 1. The first-order valence-electron chi connectivity index (χ1n) is 9.90. The second kappa shape index (κ2) is 8.53. The summed E-state index contributed by atoms with van der Waals surface area (Å²) in [7, 11) is 0. The fraction of sp³-hybridized carbons (Fsp3) is 0.292. The monoisotopic (exact) mass is 392 g/mol. The van der Waals surface area contributed by atoms with E-state index in [0.29, 0.717) is 19.6 Å². The van der Waals surface area contributed by atoms with Crippen LogP contribution in [0.3, 0.4) is 0 Å². The lowest BCUT2D eigenvalue weighted by Crippen LogP contribution is -2.26. The zero-order valence-corrected chi connectivity index (χ0v) is 16.3. The largest absolute Gasteiger partial charge is 0.494 e. The van der Waals surface area contributed by atoms with Crippen molar-refractivity contribution in [2.75, 3.05) is 13.2 Å². The Bertz CT molecular complexity index is 973. The standard InChI is InChI=1S/C24H24O5/c1-2-27-22(24(25)26)15-16-7-9-17(10-8-16)28-13-11-20-18-5-3-4-6-19(18)21-12-14-29-23(20)21/h3-10,12,14,20,22H,2,11,13,15H2,1H3,(H,25,26). The van der Waals surface area contributed by atoms with Crippen LogP contribution in [-0.2, 0) is 16.0 Å². The van der Waals surface area contributed by atoms with Crippen molar-refractivity contribution in [2.24, 2.45) is 0 Å². The van der Waals surface area contributed by atoms with Crippen molar-refractivity contribution < 1.29 is 23.8 Å². The molecule has 1 N–H and O–H groups in total. The molecule has 1 aromatic heterocycles. The molecule has 2 aromatic carbocycles. The summed E-state index contributed by atoms with van der Waals surface area (Å²) in [6, 6.07) is 18.0. The molecule has 0 radical (unpaired) electrons. The fourth-order valence-corrected chi connectivity index (χ4v) is 3.94. The van der Waals surface area contributed by atoms with Crippen LogP contribution < -0.4 is 4.74 Å². The van der Waals surface area contributed by atoms with Crippen molar-refractivity contribution in [3.05, 3.63) is 77.7 Å². The van der Waals surface area contributed by atoms with Crippen molar-refractivity contribution in [3.8, 4) is 16.9 Å². The highest BCUT2D eigenvalue weighted by molar-refractivity contribution is 5.76. The summed E-state index contributed by atoms with van der Waals surface area (Å²) in [6.07, 6.45) is 2.09. The van der Waals surface area contributed by atoms with Gasteiger partial charge in [-0.25, -0.2) is 4.79 Å². The minimum atomic E-state index is -0.943. The van der Waals surface area contributed by atoms with Gasteiger partial charge in [0.1, 0.15) is 11.5 Å². The Labute approximate surface area is 169 Å². The van der Waals surface area contributed by atoms with Crippen molar-refractivity contribution in [2.45, 2.75) is 31.8 Å². The average Bonchev–Trinajstić information content (AvgIpc) is 3.31. The van der Waals surface area contributed by atoms with Gasteiger partial charge in [-0.1, -0.05) is 36.4 Å². The molecule has 0 bridgehead atoms. The maximum Gasteiger partial charge on any atom is 0.333 e. The Morgan fingerprint density at radius 1 is 1.10 bits per heavy atom. The Balaban J connectivity index is 1.35. The predicted octanol–water partition coefficient (Wildman–Crippen LogP) is 4.89. The number of ether oxygens (including phenoxy) is 2. The van der Waals surface area contributed by atoms with E-state index in [2.05, 4.69) is 24.3 Å². The third kappa shape index (κ3) is 4.05. The Hall–Kier alpha value is -3.05. The van der Waals surface area contributed by atoms with Crippen LogP contribution in [0.25, 0.3) is 11.1 Å². The summed E-state index contributed by atoms with van der Waals surface area (Å²) in [5.74, 6) is 1.04. The van der Waals surface area contributed by atoms with Crippen molar-refractivity contribution >= 4 is 5.97 Å². The molecule has 0 saturated heterocycles. The van der Waals surface area contributed by atoms with E-state index in [-0.39, 0.29) is 5.92 Å². The normalized spacial score (nSPS) is 15.6. The zero-order chi connectivity index (χ0) is 20.2. The van der Waals surface area contributed by atoms with Crippen molar-refractivity contribution in [3.63, 3.8) is 0 Å². The molecular weight excluding hydrogens is 368 g/mol. The molecule has 0 amide bonds. The first-order valence-corrected chi connectivity index (χ1v) is 9.90. The van der Waals surface area contributed by atoms with E-state index in [1.54, 1.807) is 13.2 Å². The number of carboxylic acids is 1. The summed E-state index contributed by atoms with van der Waals surface area (Å²) in [5, 5.41) is 9.21. The van der Waals surface area contributed by atoms with Crippen LogP contribution in [0.2, 0.25) is 0 Å². The summed E-state index contributed by atoms with van der Waals surface area (Å²) < 4.78 is 17.0. The highest BCUT2D eigenvalue weighted by atomic mass is 16.5. The lowest BCUT2D eigenvalue weighted by atomic mass is 9.97. The highest BCUT2D eigenvalue weighted by Crippen LogP contribution is 2.46. The number of rotatable bonds is 9. The number of furan rings is 1. The van der Waals surface area contributed by atoms with E-state index in [0.717, 1.165) is 23.5 Å². The first-order chi connectivity index (χ1) is 14.2. The predicted molar refractivity (Wildman–Crippen MR) is 109 cm³/mol. The Morgan fingerprint density at radius 2 is 1.90 bits per heavy atom. The molecule has 2 unspecified atom stereocenters. The van der Waals surface area contributed by atoms with Gasteiger partial charge in [0.15, 0.2) is 6.10 Å². The zero-order valence-electron chi connectivity index (χ0n) is 16.3. The number of carboxylic acid groups (broad SMARTS) is 1. The summed E-state index contributed by atoms with van der Waals surface area (Å²) >= 11 is 0. The van der Waals surface area contributed by atoms with Crippen LogP contribution >= 0.6 is 0 Å². The molecule has 150 valence electrons. The molecule has 1 heterocycles. The minimum absolute atomic E-state index is 0.206. The van der Waals surface area contributed by atoms with Gasteiger partial charge in [-0.3, -0.25) is 0 Å². The maximum atomic E-state index is 11.2. The maximum absolute atomic E-state index is 11.2. The van der Waals surface area contributed by atoms with Crippen LogP contribution in [0.4, 0.5) is 0 Å². The number of fused-ring (bicyclic) bond motifs is 3. The molecular formula is C24H24O5. The van der Waals surface area contributed by atoms with E-state index >= 15 is 0 Å². The molecule has 1 aliphatic carbocycles. The van der Waals surface area contributed by atoms with Gasteiger partial charge in [0.05, 0.1) is 12.9 Å². The summed E-state index contributed by atoms with van der Waals surface area (Å²) in [4.78, 5) is 11.2. The van der Waals surface area contributed by atoms with E-state index in [1.807, 2.05) is 30.3 Å². The fourth-order valence-electron chi connectivity index (χ4n) is 3.94. The first kappa shape index (κ1) is 19.3. The van der Waals surface area contributed by atoms with Crippen molar-refractivity contribution in [1.29, 1.82) is 0 Å². The molecule has 1 aliphatic rings. The molecule has 0 aliphatic heterocycles. The second-order valence-electron chi connectivity index (χ2n) is 7.11. The van der Waals surface area contributed by atoms with Gasteiger partial charge in [-0.05, 0) is 48.2 Å².